The molecule has 0 aliphatic rings. The number of methoxy groups -OCH3 is 1. The minimum Gasteiger partial charge on any atom is -0.479 e. The molecule has 0 bridgehead atoms. The average Bonchev–Trinajstić information content (AvgIpc) is 3.16. The van der Waals surface area contributed by atoms with E-state index >= 15 is 0 Å². The van der Waals surface area contributed by atoms with E-state index in [1.54, 1.807) is 26.2 Å². The van der Waals surface area contributed by atoms with Crippen LogP contribution in [0.5, 0.6) is 5.88 Å². The van der Waals surface area contributed by atoms with Crippen LogP contribution in [0.1, 0.15) is 23.0 Å². The van der Waals surface area contributed by atoms with Crippen LogP contribution < -0.4 is 10.1 Å². The van der Waals surface area contributed by atoms with Gasteiger partial charge in [-0.15, -0.1) is 5.10 Å². The van der Waals surface area contributed by atoms with Crippen LogP contribution in [-0.2, 0) is 12.6 Å². The monoisotopic (exact) mass is 329 g/mol. The number of rotatable bonds is 5. The second-order valence-electron chi connectivity index (χ2n) is 5.83. The Morgan fingerprint density at radius 2 is 2.21 bits per heavy atom. The van der Waals surface area contributed by atoms with Gasteiger partial charge in [0.15, 0.2) is 0 Å². The normalized spacial score (nSPS) is 13.7. The Hall–Kier alpha value is -2.80. The molecule has 0 spiro atoms. The number of aromatic nitrogens is 2. The smallest absolute Gasteiger partial charge is 0.258 e. The largest absolute Gasteiger partial charge is 0.479 e. The maximum atomic E-state index is 12.3. The Labute approximate surface area is 138 Å². The molecule has 1 amide bonds. The minimum absolute atomic E-state index is 0.0102. The molecular formula is C17H19N3O4. The Balaban J connectivity index is 1.75. The molecule has 0 saturated carbocycles. The predicted octanol–water partition coefficient (Wildman–Crippen LogP) is 1.81. The summed E-state index contributed by atoms with van der Waals surface area (Å²) in [5.41, 5.74) is -0.349. The zero-order chi connectivity index (χ0) is 17.3. The molecule has 0 fully saturated rings. The second-order valence-corrected chi connectivity index (χ2v) is 5.83. The Morgan fingerprint density at radius 3 is 2.92 bits per heavy atom. The van der Waals surface area contributed by atoms with E-state index in [0.29, 0.717) is 16.9 Å². The predicted molar refractivity (Wildman–Crippen MR) is 87.9 cm³/mol. The summed E-state index contributed by atoms with van der Waals surface area (Å²) in [4.78, 5) is 12.3. The molecule has 3 rings (SSSR count). The number of hydrogen-bond acceptors (Lipinski definition) is 5. The number of amides is 1. The van der Waals surface area contributed by atoms with Crippen molar-refractivity contribution in [3.63, 3.8) is 0 Å². The number of nitrogens with one attached hydrogen (secondary N) is 1. The number of nitrogens with zero attached hydrogens (tertiary/aromatic N) is 2. The quantitative estimate of drug-likeness (QED) is 0.745. The number of furan rings is 1. The third-order valence-electron chi connectivity index (χ3n) is 3.78. The summed E-state index contributed by atoms with van der Waals surface area (Å²) in [6.07, 6.45) is 1.56. The van der Waals surface area contributed by atoms with Crippen LogP contribution in [0.15, 0.2) is 40.9 Å². The maximum Gasteiger partial charge on any atom is 0.258 e. The number of fused-ring (bicyclic) bond motifs is 1. The third-order valence-corrected chi connectivity index (χ3v) is 3.78. The van der Waals surface area contributed by atoms with Gasteiger partial charge in [-0.3, -0.25) is 9.48 Å². The van der Waals surface area contributed by atoms with Crippen molar-refractivity contribution < 1.29 is 19.1 Å². The summed E-state index contributed by atoms with van der Waals surface area (Å²) >= 11 is 0. The van der Waals surface area contributed by atoms with Gasteiger partial charge in [0.25, 0.3) is 5.91 Å². The van der Waals surface area contributed by atoms with Gasteiger partial charge in [-0.05, 0) is 19.1 Å². The molecule has 7 nitrogen and oxygen atoms in total. The molecule has 1 atom stereocenters. The van der Waals surface area contributed by atoms with Gasteiger partial charge in [0.1, 0.15) is 22.5 Å². The van der Waals surface area contributed by atoms with Crippen LogP contribution in [0.25, 0.3) is 11.0 Å². The lowest BCUT2D eigenvalue weighted by Crippen LogP contribution is -2.38. The molecule has 2 N–H and O–H groups in total. The van der Waals surface area contributed by atoms with E-state index in [4.69, 9.17) is 9.15 Å². The molecule has 0 radical (unpaired) electrons. The van der Waals surface area contributed by atoms with Gasteiger partial charge < -0.3 is 19.6 Å². The highest BCUT2D eigenvalue weighted by atomic mass is 16.5. The first-order valence-electron chi connectivity index (χ1n) is 7.48. The fourth-order valence-electron chi connectivity index (χ4n) is 2.46. The average molecular weight is 329 g/mol. The number of carbonyl (C=O) groups is 1. The van der Waals surface area contributed by atoms with Crippen molar-refractivity contribution in [2.45, 2.75) is 12.5 Å². The van der Waals surface area contributed by atoms with Gasteiger partial charge >= 0.3 is 0 Å². The second kappa shape index (κ2) is 6.01. The van der Waals surface area contributed by atoms with Crippen LogP contribution in [-0.4, -0.2) is 34.4 Å². The molecule has 1 aromatic carbocycles. The van der Waals surface area contributed by atoms with Crippen LogP contribution in [0.4, 0.5) is 0 Å². The summed E-state index contributed by atoms with van der Waals surface area (Å²) in [6, 6.07) is 9.26. The number of para-hydroxylation sites is 1. The summed E-state index contributed by atoms with van der Waals surface area (Å²) in [5.74, 6) is 0.247. The van der Waals surface area contributed by atoms with Crippen molar-refractivity contribution in [1.29, 1.82) is 0 Å². The van der Waals surface area contributed by atoms with Crippen LogP contribution >= 0.6 is 0 Å². The van der Waals surface area contributed by atoms with Crippen molar-refractivity contribution >= 4 is 16.9 Å². The van der Waals surface area contributed by atoms with E-state index in [2.05, 4.69) is 10.4 Å². The molecule has 1 unspecified atom stereocenters. The number of aliphatic hydroxyl groups is 1. The lowest BCUT2D eigenvalue weighted by Gasteiger charge is -2.21. The molecule has 0 aliphatic carbocycles. The molecule has 0 saturated heterocycles. The van der Waals surface area contributed by atoms with Gasteiger partial charge in [0.2, 0.25) is 5.88 Å². The highest BCUT2D eigenvalue weighted by Gasteiger charge is 2.29. The summed E-state index contributed by atoms with van der Waals surface area (Å²) in [6.45, 7) is 1.58. The molecule has 0 aliphatic heterocycles. The summed E-state index contributed by atoms with van der Waals surface area (Å²) in [7, 11) is 3.15. The Bertz CT molecular complexity index is 846. The molecular weight excluding hydrogens is 310 g/mol. The van der Waals surface area contributed by atoms with Gasteiger partial charge in [-0.1, -0.05) is 18.2 Å². The standard InChI is InChI=1S/C17H19N3O4/c1-17(22,14-8-11-6-4-5-7-13(11)24-14)10-18-15(21)12-9-20(2)19-16(12)23-3/h4-9,22H,10H2,1-3H3,(H,18,21). The number of hydrogen-bond donors (Lipinski definition) is 2. The van der Waals surface area contributed by atoms with E-state index in [0.717, 1.165) is 5.39 Å². The van der Waals surface area contributed by atoms with Gasteiger partial charge in [-0.25, -0.2) is 0 Å². The van der Waals surface area contributed by atoms with Gasteiger partial charge in [-0.2, -0.15) is 0 Å². The van der Waals surface area contributed by atoms with E-state index < -0.39 is 5.60 Å². The number of aryl methyl sites for hydroxylation is 1. The third kappa shape index (κ3) is 2.98. The number of carbonyl (C=O) groups excluding carboxylic acids is 1. The first-order chi connectivity index (χ1) is 11.4. The zero-order valence-corrected chi connectivity index (χ0v) is 13.7. The fourth-order valence-corrected chi connectivity index (χ4v) is 2.46. The van der Waals surface area contributed by atoms with E-state index in [1.165, 1.54) is 11.8 Å². The van der Waals surface area contributed by atoms with E-state index in [-0.39, 0.29) is 18.3 Å². The Kier molecular flexibility index (Phi) is 4.02. The van der Waals surface area contributed by atoms with E-state index in [1.807, 2.05) is 24.3 Å². The highest BCUT2D eigenvalue weighted by molar-refractivity contribution is 5.96. The molecule has 2 heterocycles. The van der Waals surface area contributed by atoms with Crippen molar-refractivity contribution in [2.24, 2.45) is 7.05 Å². The lowest BCUT2D eigenvalue weighted by molar-refractivity contribution is 0.0344. The van der Waals surface area contributed by atoms with E-state index in [9.17, 15) is 9.90 Å². The molecule has 3 aromatic rings. The summed E-state index contributed by atoms with van der Waals surface area (Å²) in [5, 5.41) is 18.3. The summed E-state index contributed by atoms with van der Waals surface area (Å²) < 4.78 is 12.2. The van der Waals surface area contributed by atoms with Crippen molar-refractivity contribution in [3.8, 4) is 5.88 Å². The van der Waals surface area contributed by atoms with Crippen LogP contribution in [0, 0.1) is 0 Å². The van der Waals surface area contributed by atoms with Gasteiger partial charge in [0.05, 0.1) is 13.7 Å². The van der Waals surface area contributed by atoms with Crippen LogP contribution in [0.3, 0.4) is 0 Å². The SMILES string of the molecule is COc1nn(C)cc1C(=O)NCC(C)(O)c1cc2ccccc2o1. The van der Waals surface area contributed by atoms with Crippen molar-refractivity contribution in [2.75, 3.05) is 13.7 Å². The fraction of sp³-hybridized carbons (Fsp3) is 0.294. The highest BCUT2D eigenvalue weighted by Crippen LogP contribution is 2.27. The topological polar surface area (TPSA) is 89.5 Å². The molecule has 2 aromatic heterocycles. The maximum absolute atomic E-state index is 12.3. The zero-order valence-electron chi connectivity index (χ0n) is 13.7. The van der Waals surface area contributed by atoms with Crippen molar-refractivity contribution in [1.82, 2.24) is 15.1 Å². The molecule has 7 heteroatoms. The molecule has 126 valence electrons. The number of ether oxygens (including phenoxy) is 1. The lowest BCUT2D eigenvalue weighted by atomic mass is 10.0. The van der Waals surface area contributed by atoms with Crippen molar-refractivity contribution in [3.05, 3.63) is 47.9 Å². The van der Waals surface area contributed by atoms with Crippen LogP contribution in [0.2, 0.25) is 0 Å². The first kappa shape index (κ1) is 16.1. The first-order valence-corrected chi connectivity index (χ1v) is 7.48. The number of benzene rings is 1. The molecule has 24 heavy (non-hydrogen) atoms. The Morgan fingerprint density at radius 1 is 1.46 bits per heavy atom. The minimum atomic E-state index is -1.34. The van der Waals surface area contributed by atoms with Gasteiger partial charge in [0, 0.05) is 18.6 Å².